The summed E-state index contributed by atoms with van der Waals surface area (Å²) in [6.45, 7) is 8.36. The van der Waals surface area contributed by atoms with Gasteiger partial charge in [-0.1, -0.05) is 45.1 Å². The highest BCUT2D eigenvalue weighted by Crippen LogP contribution is 2.26. The summed E-state index contributed by atoms with van der Waals surface area (Å²) in [5, 5.41) is 12.8. The van der Waals surface area contributed by atoms with Crippen LogP contribution in [0.15, 0.2) is 39.9 Å². The highest BCUT2D eigenvalue weighted by Gasteiger charge is 2.27. The maximum atomic E-state index is 12.8. The number of H-pyrrole nitrogens is 3. The standard InChI is InChI=1S/C28H32N6O3/c1-4-20(24-16-37-12-11-30-24)26-31-22(25(34-26)17(2)3)14-23-28(36)32-21(27(35)33-23)10-6-8-18-7-5-9-19(13-18)15-29/h5-10,13-14,17,20,24,30H,4,11-12,16H2,1-3H3,(H,31,34)(H,32,36)(H,33,35). The third-order valence-electron chi connectivity index (χ3n) is 6.42. The minimum atomic E-state index is -0.418. The summed E-state index contributed by atoms with van der Waals surface area (Å²) in [5.74, 6) is 1.12. The highest BCUT2D eigenvalue weighted by molar-refractivity contribution is 5.58. The minimum absolute atomic E-state index is 0.134. The zero-order valence-electron chi connectivity index (χ0n) is 21.3. The van der Waals surface area contributed by atoms with Crippen molar-refractivity contribution in [2.24, 2.45) is 0 Å². The van der Waals surface area contributed by atoms with Crippen LogP contribution in [0.5, 0.6) is 0 Å². The van der Waals surface area contributed by atoms with Gasteiger partial charge in [-0.25, -0.2) is 4.98 Å². The fourth-order valence-corrected chi connectivity index (χ4v) is 4.47. The van der Waals surface area contributed by atoms with E-state index in [-0.39, 0.29) is 28.6 Å². The molecule has 0 radical (unpaired) electrons. The molecule has 2 unspecified atom stereocenters. The van der Waals surface area contributed by atoms with Crippen LogP contribution in [0, 0.1) is 11.3 Å². The molecule has 1 aliphatic rings. The Morgan fingerprint density at radius 3 is 2.68 bits per heavy atom. The van der Waals surface area contributed by atoms with Gasteiger partial charge in [-0.2, -0.15) is 5.26 Å². The Balaban J connectivity index is 1.67. The highest BCUT2D eigenvalue weighted by atomic mass is 16.5. The number of allylic oxidation sites excluding steroid dienone is 1. The van der Waals surface area contributed by atoms with Gasteiger partial charge < -0.3 is 25.0 Å². The first-order valence-corrected chi connectivity index (χ1v) is 12.5. The van der Waals surface area contributed by atoms with Crippen molar-refractivity contribution in [1.82, 2.24) is 25.3 Å². The number of nitrogens with zero attached hydrogens (tertiary/aromatic N) is 2. The predicted octanol–water partition coefficient (Wildman–Crippen LogP) is 1.59. The number of imidazole rings is 1. The number of rotatable bonds is 7. The lowest BCUT2D eigenvalue weighted by Gasteiger charge is -2.29. The zero-order valence-corrected chi connectivity index (χ0v) is 21.3. The summed E-state index contributed by atoms with van der Waals surface area (Å²) < 4.78 is 5.65. The molecule has 3 aromatic rings. The number of morpholine rings is 1. The fraction of sp³-hybridized carbons (Fsp3) is 0.357. The Kier molecular flexibility index (Phi) is 8.33. The van der Waals surface area contributed by atoms with Crippen molar-refractivity contribution in [3.63, 3.8) is 0 Å². The lowest BCUT2D eigenvalue weighted by atomic mass is 9.96. The van der Waals surface area contributed by atoms with E-state index >= 15 is 0 Å². The molecule has 1 saturated heterocycles. The Morgan fingerprint density at radius 1 is 1.19 bits per heavy atom. The van der Waals surface area contributed by atoms with Crippen molar-refractivity contribution < 1.29 is 4.74 Å². The quantitative estimate of drug-likeness (QED) is 0.389. The van der Waals surface area contributed by atoms with Crippen LogP contribution < -0.4 is 27.1 Å². The Bertz CT molecular complexity index is 1550. The molecule has 192 valence electrons. The topological polar surface area (TPSA) is 139 Å². The molecule has 9 nitrogen and oxygen atoms in total. The van der Waals surface area contributed by atoms with Crippen LogP contribution in [0.4, 0.5) is 0 Å². The fourth-order valence-electron chi connectivity index (χ4n) is 4.47. The smallest absolute Gasteiger partial charge is 0.272 e. The van der Waals surface area contributed by atoms with Crippen molar-refractivity contribution in [3.8, 4) is 6.07 Å². The van der Waals surface area contributed by atoms with Crippen molar-refractivity contribution >= 4 is 18.2 Å². The van der Waals surface area contributed by atoms with E-state index in [9.17, 15) is 9.59 Å². The monoisotopic (exact) mass is 500 g/mol. The van der Waals surface area contributed by atoms with E-state index in [1.54, 1.807) is 36.4 Å². The molecule has 1 aromatic carbocycles. The number of aromatic nitrogens is 4. The van der Waals surface area contributed by atoms with E-state index in [2.05, 4.69) is 47.1 Å². The number of hydrogen-bond acceptors (Lipinski definition) is 6. The number of hydrogen-bond donors (Lipinski definition) is 4. The first-order chi connectivity index (χ1) is 17.9. The molecule has 0 aliphatic carbocycles. The average molecular weight is 501 g/mol. The number of benzene rings is 1. The summed E-state index contributed by atoms with van der Waals surface area (Å²) in [6, 6.07) is 9.33. The molecular weight excluding hydrogens is 468 g/mol. The molecule has 2 aromatic heterocycles. The van der Waals surface area contributed by atoms with Gasteiger partial charge in [0.2, 0.25) is 0 Å². The van der Waals surface area contributed by atoms with Gasteiger partial charge in [0, 0.05) is 24.2 Å². The molecule has 4 rings (SSSR count). The number of nitrogens with one attached hydrogen (secondary N) is 4. The van der Waals surface area contributed by atoms with E-state index in [0.717, 1.165) is 30.0 Å². The summed E-state index contributed by atoms with van der Waals surface area (Å²) in [6.07, 6.45) is 7.45. The predicted molar refractivity (Wildman–Crippen MR) is 143 cm³/mol. The number of aromatic amines is 3. The van der Waals surface area contributed by atoms with Crippen LogP contribution in [0.25, 0.3) is 18.2 Å². The van der Waals surface area contributed by atoms with Gasteiger partial charge in [0.1, 0.15) is 16.5 Å². The summed E-state index contributed by atoms with van der Waals surface area (Å²) in [4.78, 5) is 39.2. The van der Waals surface area contributed by atoms with Crippen molar-refractivity contribution in [3.05, 3.63) is 90.1 Å². The Hall–Kier alpha value is -4.00. The van der Waals surface area contributed by atoms with Gasteiger partial charge in [0.15, 0.2) is 0 Å². The Morgan fingerprint density at radius 2 is 1.97 bits per heavy atom. The largest absolute Gasteiger partial charge is 0.378 e. The van der Waals surface area contributed by atoms with Crippen LogP contribution in [0.3, 0.4) is 0 Å². The molecular formula is C28H32N6O3. The summed E-state index contributed by atoms with van der Waals surface area (Å²) in [5.41, 5.74) is 2.07. The number of ether oxygens (including phenoxy) is 1. The second-order valence-electron chi connectivity index (χ2n) is 9.37. The lowest BCUT2D eigenvalue weighted by molar-refractivity contribution is 0.0664. The van der Waals surface area contributed by atoms with E-state index in [4.69, 9.17) is 15.0 Å². The second kappa shape index (κ2) is 11.8. The maximum absolute atomic E-state index is 12.8. The maximum Gasteiger partial charge on any atom is 0.272 e. The third kappa shape index (κ3) is 6.23. The van der Waals surface area contributed by atoms with E-state index in [1.807, 2.05) is 6.07 Å². The molecule has 0 spiro atoms. The van der Waals surface area contributed by atoms with Crippen molar-refractivity contribution in [2.45, 2.75) is 45.1 Å². The van der Waals surface area contributed by atoms with Gasteiger partial charge in [0.25, 0.3) is 11.1 Å². The lowest BCUT2D eigenvalue weighted by Crippen LogP contribution is -2.46. The Labute approximate surface area is 214 Å². The van der Waals surface area contributed by atoms with Crippen LogP contribution in [0.1, 0.15) is 67.4 Å². The van der Waals surface area contributed by atoms with Gasteiger partial charge in [-0.05, 0) is 42.2 Å². The number of nitriles is 1. The van der Waals surface area contributed by atoms with Crippen molar-refractivity contribution in [2.75, 3.05) is 19.8 Å². The molecule has 1 fully saturated rings. The van der Waals surface area contributed by atoms with Crippen LogP contribution in [-0.2, 0) is 4.74 Å². The summed E-state index contributed by atoms with van der Waals surface area (Å²) >= 11 is 0. The normalized spacial score (nSPS) is 18.0. The average Bonchev–Trinajstić information content (AvgIpc) is 3.31. The molecule has 1 aliphatic heterocycles. The van der Waals surface area contributed by atoms with E-state index < -0.39 is 11.1 Å². The minimum Gasteiger partial charge on any atom is -0.378 e. The molecule has 3 heterocycles. The van der Waals surface area contributed by atoms with Crippen LogP contribution >= 0.6 is 0 Å². The zero-order chi connectivity index (χ0) is 26.4. The first-order valence-electron chi connectivity index (χ1n) is 12.5. The third-order valence-corrected chi connectivity index (χ3v) is 6.42. The molecule has 0 bridgehead atoms. The van der Waals surface area contributed by atoms with Gasteiger partial charge in [0.05, 0.1) is 30.5 Å². The van der Waals surface area contributed by atoms with E-state index in [0.29, 0.717) is 24.5 Å². The molecule has 2 atom stereocenters. The first kappa shape index (κ1) is 26.1. The van der Waals surface area contributed by atoms with Gasteiger partial charge >= 0.3 is 0 Å². The van der Waals surface area contributed by atoms with Gasteiger partial charge in [-0.3, -0.25) is 9.59 Å². The van der Waals surface area contributed by atoms with Crippen LogP contribution in [-0.4, -0.2) is 45.7 Å². The summed E-state index contributed by atoms with van der Waals surface area (Å²) in [7, 11) is 0. The van der Waals surface area contributed by atoms with Crippen molar-refractivity contribution in [1.29, 1.82) is 5.26 Å². The molecule has 9 heteroatoms. The molecule has 0 amide bonds. The molecule has 0 saturated carbocycles. The molecule has 37 heavy (non-hydrogen) atoms. The second-order valence-corrected chi connectivity index (χ2v) is 9.37. The van der Waals surface area contributed by atoms with E-state index in [1.165, 1.54) is 6.08 Å². The van der Waals surface area contributed by atoms with Gasteiger partial charge in [-0.15, -0.1) is 0 Å². The SMILES string of the molecule is CCC(c1nc(C=c2[nH]c(=O)c(=CC=Cc3cccc(C#N)c3)[nH]c2=O)c(C(C)C)[nH]1)C1COCCN1. The molecule has 4 N–H and O–H groups in total. The van der Waals surface area contributed by atoms with Crippen LogP contribution in [0.2, 0.25) is 0 Å².